The van der Waals surface area contributed by atoms with Crippen LogP contribution >= 0.6 is 11.3 Å². The van der Waals surface area contributed by atoms with Crippen molar-refractivity contribution in [3.05, 3.63) is 67.8 Å². The van der Waals surface area contributed by atoms with E-state index in [9.17, 15) is 19.7 Å². The van der Waals surface area contributed by atoms with Gasteiger partial charge in [0.1, 0.15) is 0 Å². The predicted molar refractivity (Wildman–Crippen MR) is 97.2 cm³/mol. The van der Waals surface area contributed by atoms with E-state index >= 15 is 0 Å². The van der Waals surface area contributed by atoms with Gasteiger partial charge in [-0.3, -0.25) is 24.3 Å². The Hall–Kier alpha value is -3.00. The third kappa shape index (κ3) is 3.43. The molecule has 1 heterocycles. The van der Waals surface area contributed by atoms with Gasteiger partial charge in [0.05, 0.1) is 21.6 Å². The summed E-state index contributed by atoms with van der Waals surface area (Å²) in [5, 5.41) is 13.7. The van der Waals surface area contributed by atoms with Crippen molar-refractivity contribution in [3.63, 3.8) is 0 Å². The lowest BCUT2D eigenvalue weighted by atomic mass is 10.1. The minimum Gasteiger partial charge on any atom is -0.326 e. The highest BCUT2D eigenvalue weighted by Gasteiger charge is 2.16. The fourth-order valence-corrected chi connectivity index (χ4v) is 3.65. The van der Waals surface area contributed by atoms with Gasteiger partial charge in [-0.05, 0) is 25.1 Å². The topological polar surface area (TPSA) is 94.2 Å². The molecule has 0 aliphatic carbocycles. The Morgan fingerprint density at radius 3 is 2.76 bits per heavy atom. The molecule has 1 aromatic heterocycles. The van der Waals surface area contributed by atoms with Gasteiger partial charge in [0.15, 0.2) is 0 Å². The third-order valence-corrected chi connectivity index (χ3v) is 4.75. The Morgan fingerprint density at radius 2 is 2.04 bits per heavy atom. The maximum Gasteiger partial charge on any atom is 0.308 e. The molecule has 0 saturated carbocycles. The van der Waals surface area contributed by atoms with Crippen molar-refractivity contribution >= 4 is 38.8 Å². The molecule has 0 atom stereocenters. The molecule has 0 aliphatic heterocycles. The molecule has 128 valence electrons. The van der Waals surface area contributed by atoms with Crippen molar-refractivity contribution in [3.8, 4) is 0 Å². The van der Waals surface area contributed by atoms with Gasteiger partial charge in [0.2, 0.25) is 5.91 Å². The number of anilines is 1. The zero-order valence-corrected chi connectivity index (χ0v) is 14.2. The van der Waals surface area contributed by atoms with E-state index in [0.29, 0.717) is 17.8 Å². The monoisotopic (exact) mass is 357 g/mol. The lowest BCUT2D eigenvalue weighted by Gasteiger charge is -2.06. The maximum atomic E-state index is 12.2. The van der Waals surface area contributed by atoms with Crippen molar-refractivity contribution < 1.29 is 9.72 Å². The number of para-hydroxylation sites is 1. The number of amides is 1. The average molecular weight is 357 g/mol. The van der Waals surface area contributed by atoms with Crippen LogP contribution in [0.2, 0.25) is 0 Å². The Balaban J connectivity index is 1.81. The van der Waals surface area contributed by atoms with Crippen molar-refractivity contribution in [1.29, 1.82) is 0 Å². The number of aryl methyl sites for hydroxylation is 1. The molecule has 0 spiro atoms. The molecule has 0 radical (unpaired) electrons. The molecule has 8 heteroatoms. The second-order valence-corrected chi connectivity index (χ2v) is 6.40. The largest absolute Gasteiger partial charge is 0.326 e. The first-order chi connectivity index (χ1) is 12.0. The highest BCUT2D eigenvalue weighted by molar-refractivity contribution is 7.16. The minimum atomic E-state index is -0.500. The number of nitro benzene ring substituents is 1. The van der Waals surface area contributed by atoms with E-state index in [0.717, 1.165) is 21.6 Å². The summed E-state index contributed by atoms with van der Waals surface area (Å²) in [4.78, 5) is 34.6. The SMILES string of the molecule is CCn1c(=O)sc2cc(NC(=O)Cc3ccccc3[N+](=O)[O-])ccc21. The average Bonchev–Trinajstić information content (AvgIpc) is 2.89. The van der Waals surface area contributed by atoms with Crippen LogP contribution in [0.5, 0.6) is 0 Å². The summed E-state index contributed by atoms with van der Waals surface area (Å²) in [6.45, 7) is 2.48. The summed E-state index contributed by atoms with van der Waals surface area (Å²) in [6.07, 6.45) is -0.0958. The number of carbonyl (C=O) groups excluding carboxylic acids is 1. The standard InChI is InChI=1S/C17H15N3O4S/c1-2-19-14-8-7-12(10-15(14)25-17(19)22)18-16(21)9-11-5-3-4-6-13(11)20(23)24/h3-8,10H,2,9H2,1H3,(H,18,21). The molecular weight excluding hydrogens is 342 g/mol. The molecule has 0 unspecified atom stereocenters. The van der Waals surface area contributed by atoms with E-state index in [2.05, 4.69) is 5.32 Å². The third-order valence-electron chi connectivity index (χ3n) is 3.81. The first kappa shape index (κ1) is 16.8. The molecule has 25 heavy (non-hydrogen) atoms. The quantitative estimate of drug-likeness (QED) is 0.560. The van der Waals surface area contributed by atoms with Gasteiger partial charge in [-0.2, -0.15) is 0 Å². The van der Waals surface area contributed by atoms with Crippen LogP contribution in [0, 0.1) is 10.1 Å². The number of fused-ring (bicyclic) bond motifs is 1. The van der Waals surface area contributed by atoms with Crippen LogP contribution in [0.1, 0.15) is 12.5 Å². The molecule has 0 aliphatic rings. The normalized spacial score (nSPS) is 10.8. The van der Waals surface area contributed by atoms with E-state index in [4.69, 9.17) is 0 Å². The molecule has 0 saturated heterocycles. The Labute approximate surface area is 146 Å². The second kappa shape index (κ2) is 6.86. The van der Waals surface area contributed by atoms with Gasteiger partial charge in [-0.15, -0.1) is 0 Å². The van der Waals surface area contributed by atoms with Crippen LogP contribution in [0.4, 0.5) is 11.4 Å². The summed E-state index contributed by atoms with van der Waals surface area (Å²) in [5.41, 5.74) is 1.66. The van der Waals surface area contributed by atoms with Crippen LogP contribution in [0.15, 0.2) is 47.3 Å². The number of nitro groups is 1. The summed E-state index contributed by atoms with van der Waals surface area (Å²) < 4.78 is 2.45. The van der Waals surface area contributed by atoms with E-state index in [1.165, 1.54) is 6.07 Å². The van der Waals surface area contributed by atoms with Gasteiger partial charge in [-0.1, -0.05) is 29.5 Å². The smallest absolute Gasteiger partial charge is 0.308 e. The van der Waals surface area contributed by atoms with Gasteiger partial charge in [0, 0.05) is 23.9 Å². The van der Waals surface area contributed by atoms with Crippen LogP contribution in [0.3, 0.4) is 0 Å². The van der Waals surface area contributed by atoms with Gasteiger partial charge in [0.25, 0.3) is 5.69 Å². The number of thiazole rings is 1. The molecule has 3 aromatic rings. The van der Waals surface area contributed by atoms with Crippen LogP contribution < -0.4 is 10.2 Å². The van der Waals surface area contributed by atoms with E-state index < -0.39 is 4.92 Å². The molecule has 7 nitrogen and oxygen atoms in total. The van der Waals surface area contributed by atoms with E-state index in [-0.39, 0.29) is 22.9 Å². The van der Waals surface area contributed by atoms with Crippen LogP contribution in [0.25, 0.3) is 10.2 Å². The van der Waals surface area contributed by atoms with E-state index in [1.54, 1.807) is 41.0 Å². The van der Waals surface area contributed by atoms with Crippen LogP contribution in [-0.2, 0) is 17.8 Å². The zero-order valence-electron chi connectivity index (χ0n) is 13.4. The van der Waals surface area contributed by atoms with Crippen molar-refractivity contribution in [2.24, 2.45) is 0 Å². The molecule has 3 rings (SSSR count). The number of nitrogens with zero attached hydrogens (tertiary/aromatic N) is 2. The van der Waals surface area contributed by atoms with Crippen molar-refractivity contribution in [2.45, 2.75) is 19.9 Å². The molecule has 0 bridgehead atoms. The predicted octanol–water partition coefficient (Wildman–Crippen LogP) is 3.17. The number of benzene rings is 2. The van der Waals surface area contributed by atoms with Gasteiger partial charge >= 0.3 is 4.87 Å². The minimum absolute atomic E-state index is 0.0408. The number of aromatic nitrogens is 1. The van der Waals surface area contributed by atoms with Crippen molar-refractivity contribution in [1.82, 2.24) is 4.57 Å². The first-order valence-electron chi connectivity index (χ1n) is 7.65. The van der Waals surface area contributed by atoms with Gasteiger partial charge in [-0.25, -0.2) is 0 Å². The summed E-state index contributed by atoms with van der Waals surface area (Å²) in [5.74, 6) is -0.351. The molecule has 1 N–H and O–H groups in total. The molecule has 1 amide bonds. The number of hydrogen-bond donors (Lipinski definition) is 1. The number of nitrogens with one attached hydrogen (secondary N) is 1. The van der Waals surface area contributed by atoms with Crippen molar-refractivity contribution in [2.75, 3.05) is 5.32 Å². The first-order valence-corrected chi connectivity index (χ1v) is 8.46. The molecule has 0 fully saturated rings. The second-order valence-electron chi connectivity index (χ2n) is 5.41. The molecular formula is C17H15N3O4S. The highest BCUT2D eigenvalue weighted by atomic mass is 32.1. The van der Waals surface area contributed by atoms with Gasteiger partial charge < -0.3 is 5.32 Å². The Kier molecular flexibility index (Phi) is 4.62. The highest BCUT2D eigenvalue weighted by Crippen LogP contribution is 2.23. The Bertz CT molecular complexity index is 1020. The number of carbonyl (C=O) groups is 1. The maximum absolute atomic E-state index is 12.2. The van der Waals surface area contributed by atoms with Crippen LogP contribution in [-0.4, -0.2) is 15.4 Å². The lowest BCUT2D eigenvalue weighted by molar-refractivity contribution is -0.385. The zero-order chi connectivity index (χ0) is 18.0. The number of hydrogen-bond acceptors (Lipinski definition) is 5. The summed E-state index contributed by atoms with van der Waals surface area (Å²) in [6, 6.07) is 11.4. The fourth-order valence-electron chi connectivity index (χ4n) is 2.66. The fraction of sp³-hybridized carbons (Fsp3) is 0.176. The number of rotatable bonds is 5. The Morgan fingerprint density at radius 1 is 1.28 bits per heavy atom. The molecule has 2 aromatic carbocycles. The summed E-state index contributed by atoms with van der Waals surface area (Å²) in [7, 11) is 0. The van der Waals surface area contributed by atoms with E-state index in [1.807, 2.05) is 6.92 Å². The summed E-state index contributed by atoms with van der Waals surface area (Å²) >= 11 is 1.12. The lowest BCUT2D eigenvalue weighted by Crippen LogP contribution is -2.15.